The summed E-state index contributed by atoms with van der Waals surface area (Å²) in [6, 6.07) is 6.34. The second-order valence-electron chi connectivity index (χ2n) is 6.20. The van der Waals surface area contributed by atoms with Gasteiger partial charge in [0.1, 0.15) is 11.5 Å². The third-order valence-electron chi connectivity index (χ3n) is 4.02. The Kier molecular flexibility index (Phi) is 6.79. The van der Waals surface area contributed by atoms with Gasteiger partial charge in [0, 0.05) is 11.4 Å². The lowest BCUT2D eigenvalue weighted by molar-refractivity contribution is 0.378. The van der Waals surface area contributed by atoms with Crippen LogP contribution >= 0.6 is 0 Å². The highest BCUT2D eigenvalue weighted by Gasteiger charge is 2.30. The average Bonchev–Trinajstić information content (AvgIpc) is 2.56. The molecule has 0 spiro atoms. The molecular formula is C19H29FN4. The van der Waals surface area contributed by atoms with Crippen LogP contribution in [0.5, 0.6) is 0 Å². The van der Waals surface area contributed by atoms with Gasteiger partial charge in [-0.3, -0.25) is 5.32 Å². The first-order valence-corrected chi connectivity index (χ1v) is 8.97. The first kappa shape index (κ1) is 18.5. The fourth-order valence-electron chi connectivity index (χ4n) is 2.93. The Hall–Kier alpha value is -1.88. The Morgan fingerprint density at radius 1 is 1.12 bits per heavy atom. The maximum absolute atomic E-state index is 13.1. The summed E-state index contributed by atoms with van der Waals surface area (Å²) in [4.78, 5) is 4.90. The molecule has 0 amide bonds. The standard InChI is InChI=1S/C19H29FN4/c1-4-7-13-19(21-6-3)14-17(8-5-2)23-18(24-19)22-16-11-9-15(20)10-12-16/h9-12,14,21H,4-8,13H2,1-3H3,(H2,22,23,24). The molecule has 0 radical (unpaired) electrons. The van der Waals surface area contributed by atoms with Crippen molar-refractivity contribution in [3.63, 3.8) is 0 Å². The minimum Gasteiger partial charge on any atom is -0.330 e. The van der Waals surface area contributed by atoms with E-state index in [1.165, 1.54) is 17.8 Å². The van der Waals surface area contributed by atoms with Crippen LogP contribution in [0.25, 0.3) is 0 Å². The molecule has 0 saturated carbocycles. The van der Waals surface area contributed by atoms with Crippen molar-refractivity contribution in [2.24, 2.45) is 4.99 Å². The van der Waals surface area contributed by atoms with E-state index in [9.17, 15) is 4.39 Å². The molecule has 1 aromatic carbocycles. The second kappa shape index (κ2) is 8.83. The Morgan fingerprint density at radius 2 is 1.88 bits per heavy atom. The number of rotatable bonds is 8. The number of aliphatic imine (C=N–C) groups is 1. The number of unbranched alkanes of at least 4 members (excludes halogenated alkanes) is 1. The quantitative estimate of drug-likeness (QED) is 0.662. The minimum atomic E-state index is -0.372. The zero-order chi connectivity index (χ0) is 17.4. The van der Waals surface area contributed by atoms with E-state index in [0.29, 0.717) is 5.96 Å². The SMILES string of the molecule is CCCCC1(NCC)C=C(CCC)NC(Nc2ccc(F)cc2)=N1. The van der Waals surface area contributed by atoms with Crippen LogP contribution in [0, 0.1) is 5.82 Å². The summed E-state index contributed by atoms with van der Waals surface area (Å²) in [7, 11) is 0. The molecule has 5 heteroatoms. The zero-order valence-electron chi connectivity index (χ0n) is 15.0. The van der Waals surface area contributed by atoms with Gasteiger partial charge in [-0.25, -0.2) is 9.38 Å². The first-order chi connectivity index (χ1) is 11.6. The number of nitrogens with one attached hydrogen (secondary N) is 3. The number of benzene rings is 1. The van der Waals surface area contributed by atoms with Gasteiger partial charge in [0.25, 0.3) is 0 Å². The van der Waals surface area contributed by atoms with E-state index in [0.717, 1.165) is 44.3 Å². The molecule has 0 saturated heterocycles. The third-order valence-corrected chi connectivity index (χ3v) is 4.02. The predicted molar refractivity (Wildman–Crippen MR) is 99.5 cm³/mol. The number of guanidine groups is 1. The molecular weight excluding hydrogens is 303 g/mol. The van der Waals surface area contributed by atoms with Crippen LogP contribution in [0.15, 0.2) is 41.0 Å². The number of anilines is 1. The summed E-state index contributed by atoms with van der Waals surface area (Å²) in [5.74, 6) is 0.472. The summed E-state index contributed by atoms with van der Waals surface area (Å²) in [6.45, 7) is 7.32. The molecule has 0 bridgehead atoms. The number of hydrogen-bond donors (Lipinski definition) is 3. The average molecular weight is 332 g/mol. The predicted octanol–water partition coefficient (Wildman–Crippen LogP) is 4.38. The van der Waals surface area contributed by atoms with Gasteiger partial charge in [0.15, 0.2) is 0 Å². The van der Waals surface area contributed by atoms with Gasteiger partial charge in [0.05, 0.1) is 0 Å². The molecule has 0 aliphatic carbocycles. The van der Waals surface area contributed by atoms with Crippen LogP contribution in [0.2, 0.25) is 0 Å². The van der Waals surface area contributed by atoms with E-state index < -0.39 is 0 Å². The molecule has 1 aliphatic heterocycles. The molecule has 24 heavy (non-hydrogen) atoms. The van der Waals surface area contributed by atoms with E-state index in [-0.39, 0.29) is 11.5 Å². The lowest BCUT2D eigenvalue weighted by Crippen LogP contribution is -2.49. The van der Waals surface area contributed by atoms with Crippen molar-refractivity contribution < 1.29 is 4.39 Å². The second-order valence-corrected chi connectivity index (χ2v) is 6.20. The molecule has 0 aromatic heterocycles. The number of allylic oxidation sites excluding steroid dienone is 1. The van der Waals surface area contributed by atoms with Crippen LogP contribution in [-0.2, 0) is 0 Å². The van der Waals surface area contributed by atoms with Gasteiger partial charge < -0.3 is 10.6 Å². The van der Waals surface area contributed by atoms with Crippen LogP contribution in [0.3, 0.4) is 0 Å². The zero-order valence-corrected chi connectivity index (χ0v) is 15.0. The molecule has 0 fully saturated rings. The Labute approximate surface area is 144 Å². The molecule has 4 nitrogen and oxygen atoms in total. The summed E-state index contributed by atoms with van der Waals surface area (Å²) in [6.07, 6.45) is 7.47. The van der Waals surface area contributed by atoms with E-state index in [1.807, 2.05) is 0 Å². The van der Waals surface area contributed by atoms with Crippen LogP contribution in [0.4, 0.5) is 10.1 Å². The van der Waals surface area contributed by atoms with E-state index in [4.69, 9.17) is 4.99 Å². The summed E-state index contributed by atoms with van der Waals surface area (Å²) in [5, 5.41) is 10.2. The molecule has 2 rings (SSSR count). The van der Waals surface area contributed by atoms with Crippen molar-refractivity contribution in [3.8, 4) is 0 Å². The van der Waals surface area contributed by atoms with Crippen LogP contribution < -0.4 is 16.0 Å². The highest BCUT2D eigenvalue weighted by Crippen LogP contribution is 2.24. The molecule has 132 valence electrons. The van der Waals surface area contributed by atoms with E-state index in [2.05, 4.69) is 42.8 Å². The molecule has 1 heterocycles. The van der Waals surface area contributed by atoms with Gasteiger partial charge in [-0.1, -0.05) is 33.6 Å². The number of halogens is 1. The van der Waals surface area contributed by atoms with Crippen molar-refractivity contribution in [3.05, 3.63) is 41.9 Å². The Morgan fingerprint density at radius 3 is 2.50 bits per heavy atom. The fourth-order valence-corrected chi connectivity index (χ4v) is 2.93. The number of nitrogens with zero attached hydrogens (tertiary/aromatic N) is 1. The van der Waals surface area contributed by atoms with Crippen molar-refractivity contribution >= 4 is 11.6 Å². The normalized spacial score (nSPS) is 20.2. The lowest BCUT2D eigenvalue weighted by Gasteiger charge is -2.34. The van der Waals surface area contributed by atoms with Gasteiger partial charge in [-0.15, -0.1) is 0 Å². The highest BCUT2D eigenvalue weighted by atomic mass is 19.1. The molecule has 1 atom stereocenters. The lowest BCUT2D eigenvalue weighted by atomic mass is 9.99. The topological polar surface area (TPSA) is 48.4 Å². The molecule has 3 N–H and O–H groups in total. The maximum atomic E-state index is 13.1. The van der Waals surface area contributed by atoms with Crippen molar-refractivity contribution in [1.82, 2.24) is 10.6 Å². The smallest absolute Gasteiger partial charge is 0.202 e. The van der Waals surface area contributed by atoms with Crippen LogP contribution in [0.1, 0.15) is 52.9 Å². The van der Waals surface area contributed by atoms with E-state index >= 15 is 0 Å². The monoisotopic (exact) mass is 332 g/mol. The Bertz CT molecular complexity index is 580. The number of hydrogen-bond acceptors (Lipinski definition) is 4. The van der Waals surface area contributed by atoms with Gasteiger partial charge in [-0.05, 0) is 56.1 Å². The largest absolute Gasteiger partial charge is 0.330 e. The van der Waals surface area contributed by atoms with Crippen molar-refractivity contribution in [2.75, 3.05) is 11.9 Å². The third kappa shape index (κ3) is 5.06. The summed E-state index contributed by atoms with van der Waals surface area (Å²) in [5.41, 5.74) is 1.62. The molecule has 1 aliphatic rings. The van der Waals surface area contributed by atoms with E-state index in [1.54, 1.807) is 12.1 Å². The highest BCUT2D eigenvalue weighted by molar-refractivity contribution is 5.95. The maximum Gasteiger partial charge on any atom is 0.202 e. The van der Waals surface area contributed by atoms with Crippen molar-refractivity contribution in [1.29, 1.82) is 0 Å². The van der Waals surface area contributed by atoms with Crippen molar-refractivity contribution in [2.45, 2.75) is 58.5 Å². The summed E-state index contributed by atoms with van der Waals surface area (Å²) < 4.78 is 13.1. The molecule has 1 unspecified atom stereocenters. The summed E-state index contributed by atoms with van der Waals surface area (Å²) >= 11 is 0. The Balaban J connectivity index is 2.25. The molecule has 1 aromatic rings. The number of likely N-dealkylation sites (N-methyl/N-ethyl adjacent to an activating group) is 1. The first-order valence-electron chi connectivity index (χ1n) is 8.97. The van der Waals surface area contributed by atoms with Crippen LogP contribution in [-0.4, -0.2) is 18.2 Å². The van der Waals surface area contributed by atoms with Gasteiger partial charge in [-0.2, -0.15) is 0 Å². The van der Waals surface area contributed by atoms with Gasteiger partial charge in [0.2, 0.25) is 5.96 Å². The minimum absolute atomic E-state index is 0.240. The van der Waals surface area contributed by atoms with Gasteiger partial charge >= 0.3 is 0 Å². The fraction of sp³-hybridized carbons (Fsp3) is 0.526.